The Balaban J connectivity index is 1.57. The van der Waals surface area contributed by atoms with E-state index in [2.05, 4.69) is 19.8 Å². The maximum absolute atomic E-state index is 12.4. The summed E-state index contributed by atoms with van der Waals surface area (Å²) in [6.45, 7) is 1.08. The molecule has 2 aromatic heterocycles. The second-order valence-corrected chi connectivity index (χ2v) is 7.59. The SMILES string of the molecule is COc1ccc(S(=O)(=O)N[C@@H](C)C(=O)OCc2nc(-c3cccnc3)no2)cc1. The molecule has 0 spiro atoms. The lowest BCUT2D eigenvalue weighted by atomic mass is 10.3. The molecule has 1 atom stereocenters. The highest BCUT2D eigenvalue weighted by molar-refractivity contribution is 7.89. The van der Waals surface area contributed by atoms with E-state index in [1.165, 1.54) is 38.3 Å². The van der Waals surface area contributed by atoms with Crippen molar-refractivity contribution in [1.29, 1.82) is 0 Å². The molecule has 2 heterocycles. The summed E-state index contributed by atoms with van der Waals surface area (Å²) < 4.78 is 42.1. The standard InChI is InChI=1S/C18H18N4O6S/c1-12(22-29(24,25)15-7-5-14(26-2)6-8-15)18(23)27-11-16-20-17(21-28-16)13-4-3-9-19-10-13/h3-10,12,22H,11H2,1-2H3/t12-/m0/s1. The third-order valence-corrected chi connectivity index (χ3v) is 5.34. The summed E-state index contributed by atoms with van der Waals surface area (Å²) >= 11 is 0. The molecule has 29 heavy (non-hydrogen) atoms. The van der Waals surface area contributed by atoms with Crippen LogP contribution in [0.25, 0.3) is 11.4 Å². The van der Waals surface area contributed by atoms with Crippen molar-refractivity contribution in [2.24, 2.45) is 0 Å². The normalized spacial score (nSPS) is 12.3. The molecule has 0 unspecified atom stereocenters. The minimum absolute atomic E-state index is 0.00374. The number of aromatic nitrogens is 3. The number of nitrogens with one attached hydrogen (secondary N) is 1. The highest BCUT2D eigenvalue weighted by Crippen LogP contribution is 2.16. The summed E-state index contributed by atoms with van der Waals surface area (Å²) in [6.07, 6.45) is 3.18. The summed E-state index contributed by atoms with van der Waals surface area (Å²) in [4.78, 5) is 20.2. The average Bonchev–Trinajstić information content (AvgIpc) is 3.21. The number of benzene rings is 1. The van der Waals surface area contributed by atoms with Crippen molar-refractivity contribution in [3.8, 4) is 17.1 Å². The second kappa shape index (κ2) is 8.80. The van der Waals surface area contributed by atoms with E-state index in [0.717, 1.165) is 0 Å². The van der Waals surface area contributed by atoms with Crippen LogP contribution >= 0.6 is 0 Å². The fraction of sp³-hybridized carbons (Fsp3) is 0.222. The summed E-state index contributed by atoms with van der Waals surface area (Å²) in [6, 6.07) is 8.11. The Morgan fingerprint density at radius 2 is 2.00 bits per heavy atom. The maximum Gasteiger partial charge on any atom is 0.324 e. The molecule has 0 radical (unpaired) electrons. The fourth-order valence-electron chi connectivity index (χ4n) is 2.29. The number of carbonyl (C=O) groups is 1. The lowest BCUT2D eigenvalue weighted by Crippen LogP contribution is -2.39. The molecular formula is C18H18N4O6S. The zero-order valence-corrected chi connectivity index (χ0v) is 16.4. The Bertz CT molecular complexity index is 1070. The van der Waals surface area contributed by atoms with Gasteiger partial charge in [0.1, 0.15) is 11.8 Å². The first kappa shape index (κ1) is 20.4. The molecule has 10 nitrogen and oxygen atoms in total. The van der Waals surface area contributed by atoms with Gasteiger partial charge < -0.3 is 14.0 Å². The number of sulfonamides is 1. The molecule has 1 N–H and O–H groups in total. The molecule has 3 rings (SSSR count). The number of pyridine rings is 1. The average molecular weight is 418 g/mol. The molecule has 0 aliphatic rings. The maximum atomic E-state index is 12.4. The molecular weight excluding hydrogens is 400 g/mol. The van der Waals surface area contributed by atoms with E-state index >= 15 is 0 Å². The second-order valence-electron chi connectivity index (χ2n) is 5.88. The smallest absolute Gasteiger partial charge is 0.324 e. The van der Waals surface area contributed by atoms with Gasteiger partial charge in [-0.3, -0.25) is 9.78 Å². The number of methoxy groups -OCH3 is 1. The third kappa shape index (κ3) is 5.15. The van der Waals surface area contributed by atoms with Gasteiger partial charge in [-0.1, -0.05) is 5.16 Å². The summed E-state index contributed by atoms with van der Waals surface area (Å²) in [5.41, 5.74) is 0.648. The first-order valence-corrected chi connectivity index (χ1v) is 9.93. The molecule has 0 amide bonds. The van der Waals surface area contributed by atoms with E-state index in [1.807, 2.05) is 0 Å². The van der Waals surface area contributed by atoms with Gasteiger partial charge in [0, 0.05) is 18.0 Å². The quantitative estimate of drug-likeness (QED) is 0.541. The molecule has 0 aliphatic carbocycles. The predicted octanol–water partition coefficient (Wildman–Crippen LogP) is 1.55. The van der Waals surface area contributed by atoms with E-state index < -0.39 is 22.0 Å². The van der Waals surface area contributed by atoms with Crippen molar-refractivity contribution in [2.75, 3.05) is 7.11 Å². The van der Waals surface area contributed by atoms with Crippen LogP contribution < -0.4 is 9.46 Å². The van der Waals surface area contributed by atoms with E-state index in [-0.39, 0.29) is 17.4 Å². The van der Waals surface area contributed by atoms with Crippen molar-refractivity contribution in [3.05, 3.63) is 54.7 Å². The van der Waals surface area contributed by atoms with Crippen LogP contribution in [-0.4, -0.2) is 42.7 Å². The van der Waals surface area contributed by atoms with Gasteiger partial charge in [-0.05, 0) is 43.3 Å². The minimum atomic E-state index is -3.91. The molecule has 0 bridgehead atoms. The van der Waals surface area contributed by atoms with Gasteiger partial charge in [-0.25, -0.2) is 8.42 Å². The highest BCUT2D eigenvalue weighted by Gasteiger charge is 2.24. The van der Waals surface area contributed by atoms with Crippen LogP contribution in [0.3, 0.4) is 0 Å². The number of hydrogen-bond acceptors (Lipinski definition) is 9. The van der Waals surface area contributed by atoms with Gasteiger partial charge in [-0.2, -0.15) is 9.71 Å². The number of esters is 1. The van der Waals surface area contributed by atoms with Crippen molar-refractivity contribution in [2.45, 2.75) is 24.5 Å². The van der Waals surface area contributed by atoms with Crippen molar-refractivity contribution in [3.63, 3.8) is 0 Å². The molecule has 152 valence electrons. The minimum Gasteiger partial charge on any atom is -0.497 e. The van der Waals surface area contributed by atoms with Crippen molar-refractivity contribution in [1.82, 2.24) is 19.8 Å². The Kier molecular flexibility index (Phi) is 6.20. The zero-order chi connectivity index (χ0) is 20.9. The summed E-state index contributed by atoms with van der Waals surface area (Å²) in [7, 11) is -2.43. The molecule has 0 fully saturated rings. The van der Waals surface area contributed by atoms with Gasteiger partial charge >= 0.3 is 5.97 Å². The van der Waals surface area contributed by atoms with Crippen LogP contribution in [-0.2, 0) is 26.2 Å². The van der Waals surface area contributed by atoms with E-state index in [1.54, 1.807) is 24.5 Å². The Morgan fingerprint density at radius 1 is 1.24 bits per heavy atom. The fourth-order valence-corrected chi connectivity index (χ4v) is 3.48. The van der Waals surface area contributed by atoms with Crippen molar-refractivity contribution >= 4 is 16.0 Å². The Hall–Kier alpha value is -3.31. The van der Waals surface area contributed by atoms with Crippen LogP contribution in [0.2, 0.25) is 0 Å². The third-order valence-electron chi connectivity index (χ3n) is 3.78. The molecule has 0 saturated heterocycles. The van der Waals surface area contributed by atoms with Crippen LogP contribution in [0, 0.1) is 0 Å². The van der Waals surface area contributed by atoms with Crippen LogP contribution in [0.1, 0.15) is 12.8 Å². The number of nitrogens with zero attached hydrogens (tertiary/aromatic N) is 3. The van der Waals surface area contributed by atoms with E-state index in [0.29, 0.717) is 17.1 Å². The Labute approximate surface area is 166 Å². The molecule has 11 heteroatoms. The summed E-state index contributed by atoms with van der Waals surface area (Å²) in [5.74, 6) is 0.102. The van der Waals surface area contributed by atoms with Crippen LogP contribution in [0.15, 0.2) is 58.2 Å². The van der Waals surface area contributed by atoms with Gasteiger partial charge in [-0.15, -0.1) is 0 Å². The highest BCUT2D eigenvalue weighted by atomic mass is 32.2. The molecule has 0 aliphatic heterocycles. The van der Waals surface area contributed by atoms with E-state index in [9.17, 15) is 13.2 Å². The van der Waals surface area contributed by atoms with Crippen LogP contribution in [0.4, 0.5) is 0 Å². The van der Waals surface area contributed by atoms with Gasteiger partial charge in [0.2, 0.25) is 15.8 Å². The lowest BCUT2D eigenvalue weighted by molar-refractivity contribution is -0.147. The van der Waals surface area contributed by atoms with Crippen LogP contribution in [0.5, 0.6) is 5.75 Å². The number of rotatable bonds is 8. The molecule has 0 saturated carbocycles. The first-order chi connectivity index (χ1) is 13.9. The largest absolute Gasteiger partial charge is 0.497 e. The number of carbonyl (C=O) groups excluding carboxylic acids is 1. The topological polar surface area (TPSA) is 134 Å². The number of ether oxygens (including phenoxy) is 2. The summed E-state index contributed by atoms with van der Waals surface area (Å²) in [5, 5.41) is 3.78. The molecule has 3 aromatic rings. The Morgan fingerprint density at radius 3 is 2.66 bits per heavy atom. The van der Waals surface area contributed by atoms with Gasteiger partial charge in [0.05, 0.1) is 12.0 Å². The zero-order valence-electron chi connectivity index (χ0n) is 15.6. The lowest BCUT2D eigenvalue weighted by Gasteiger charge is -2.13. The van der Waals surface area contributed by atoms with Gasteiger partial charge in [0.25, 0.3) is 5.89 Å². The predicted molar refractivity (Wildman–Crippen MR) is 100 cm³/mol. The van der Waals surface area contributed by atoms with Gasteiger partial charge in [0.15, 0.2) is 6.61 Å². The van der Waals surface area contributed by atoms with Crippen molar-refractivity contribution < 1.29 is 27.2 Å². The first-order valence-electron chi connectivity index (χ1n) is 8.45. The number of hydrogen-bond donors (Lipinski definition) is 1. The monoisotopic (exact) mass is 418 g/mol. The van der Waals surface area contributed by atoms with E-state index in [4.69, 9.17) is 14.0 Å². The molecule has 1 aromatic carbocycles.